The highest BCUT2D eigenvalue weighted by Gasteiger charge is 2.26. The molecule has 0 bridgehead atoms. The van der Waals surface area contributed by atoms with Crippen molar-refractivity contribution in [3.8, 4) is 0 Å². The van der Waals surface area contributed by atoms with E-state index in [1.54, 1.807) is 43.1 Å². The van der Waals surface area contributed by atoms with E-state index in [1.165, 1.54) is 6.07 Å². The van der Waals surface area contributed by atoms with E-state index in [4.69, 9.17) is 4.52 Å². The Kier molecular flexibility index (Phi) is 5.43. The summed E-state index contributed by atoms with van der Waals surface area (Å²) in [5.74, 6) is 0.408. The highest BCUT2D eigenvalue weighted by atomic mass is 19.1. The average molecular weight is 353 g/mol. The highest BCUT2D eigenvalue weighted by molar-refractivity contribution is 5.94. The van der Waals surface area contributed by atoms with Gasteiger partial charge in [-0.1, -0.05) is 53.7 Å². The van der Waals surface area contributed by atoms with Gasteiger partial charge in [-0.3, -0.25) is 9.69 Å². The number of nitrogens with zero attached hydrogens (tertiary/aromatic N) is 2. The second-order valence-corrected chi connectivity index (χ2v) is 6.13. The van der Waals surface area contributed by atoms with E-state index in [1.807, 2.05) is 30.3 Å². The maximum atomic E-state index is 14.0. The van der Waals surface area contributed by atoms with Crippen molar-refractivity contribution in [2.75, 3.05) is 12.4 Å². The number of hydrogen-bond donors (Lipinski definition) is 1. The molecule has 1 amide bonds. The SMILES string of the molecule is Cc1cc(NC(=O)C(c2ccccc2)N(C)Cc2ccccc2F)no1. The van der Waals surface area contributed by atoms with Crippen molar-refractivity contribution in [1.82, 2.24) is 10.1 Å². The molecule has 0 radical (unpaired) electrons. The molecule has 0 aliphatic rings. The molecule has 134 valence electrons. The fraction of sp³-hybridized carbons (Fsp3) is 0.200. The van der Waals surface area contributed by atoms with Crippen LogP contribution in [0.2, 0.25) is 0 Å². The Hall–Kier alpha value is -2.99. The Morgan fingerprint density at radius 1 is 1.19 bits per heavy atom. The van der Waals surface area contributed by atoms with Crippen LogP contribution in [0.3, 0.4) is 0 Å². The number of carbonyl (C=O) groups is 1. The molecule has 0 spiro atoms. The molecule has 1 atom stereocenters. The number of hydrogen-bond acceptors (Lipinski definition) is 4. The van der Waals surface area contributed by atoms with Crippen LogP contribution in [-0.2, 0) is 11.3 Å². The van der Waals surface area contributed by atoms with Crippen molar-refractivity contribution in [3.63, 3.8) is 0 Å². The molecule has 0 fully saturated rings. The summed E-state index contributed by atoms with van der Waals surface area (Å²) in [5.41, 5.74) is 1.34. The van der Waals surface area contributed by atoms with Crippen LogP contribution in [0.4, 0.5) is 10.2 Å². The van der Waals surface area contributed by atoms with Crippen molar-refractivity contribution in [2.24, 2.45) is 0 Å². The fourth-order valence-corrected chi connectivity index (χ4v) is 2.85. The van der Waals surface area contributed by atoms with Crippen LogP contribution in [0.15, 0.2) is 65.2 Å². The lowest BCUT2D eigenvalue weighted by Crippen LogP contribution is -2.34. The van der Waals surface area contributed by atoms with Crippen molar-refractivity contribution in [1.29, 1.82) is 0 Å². The predicted molar refractivity (Wildman–Crippen MR) is 96.9 cm³/mol. The van der Waals surface area contributed by atoms with E-state index in [0.29, 0.717) is 17.1 Å². The first-order valence-corrected chi connectivity index (χ1v) is 8.27. The van der Waals surface area contributed by atoms with Gasteiger partial charge in [0.25, 0.3) is 0 Å². The van der Waals surface area contributed by atoms with Crippen LogP contribution < -0.4 is 5.32 Å². The molecule has 6 heteroatoms. The summed E-state index contributed by atoms with van der Waals surface area (Å²) < 4.78 is 19.0. The van der Waals surface area contributed by atoms with Crippen molar-refractivity contribution in [2.45, 2.75) is 19.5 Å². The zero-order valence-corrected chi connectivity index (χ0v) is 14.6. The fourth-order valence-electron chi connectivity index (χ4n) is 2.85. The van der Waals surface area contributed by atoms with Crippen LogP contribution in [0, 0.1) is 12.7 Å². The standard InChI is InChI=1S/C20H20FN3O2/c1-14-12-18(23-26-14)22-20(25)19(15-8-4-3-5-9-15)24(2)13-16-10-6-7-11-17(16)21/h3-12,19H,13H2,1-2H3,(H,22,23,25). The third kappa shape index (κ3) is 4.15. The summed E-state index contributed by atoms with van der Waals surface area (Å²) in [5, 5.41) is 6.57. The molecule has 2 aromatic carbocycles. The van der Waals surface area contributed by atoms with E-state index in [9.17, 15) is 9.18 Å². The quantitative estimate of drug-likeness (QED) is 0.729. The van der Waals surface area contributed by atoms with Crippen molar-refractivity contribution >= 4 is 11.7 Å². The molecule has 1 aromatic heterocycles. The van der Waals surface area contributed by atoms with Gasteiger partial charge in [-0.15, -0.1) is 0 Å². The lowest BCUT2D eigenvalue weighted by atomic mass is 10.0. The van der Waals surface area contributed by atoms with Crippen LogP contribution >= 0.6 is 0 Å². The van der Waals surface area contributed by atoms with Crippen LogP contribution in [-0.4, -0.2) is 23.0 Å². The number of likely N-dealkylation sites (N-methyl/N-ethyl adjacent to an activating group) is 1. The van der Waals surface area contributed by atoms with Gasteiger partial charge in [0.2, 0.25) is 5.91 Å². The summed E-state index contributed by atoms with van der Waals surface area (Å²) in [6.07, 6.45) is 0. The van der Waals surface area contributed by atoms with Gasteiger partial charge in [-0.2, -0.15) is 0 Å². The van der Waals surface area contributed by atoms with Crippen molar-refractivity contribution < 1.29 is 13.7 Å². The number of rotatable bonds is 6. The van der Waals surface area contributed by atoms with Gasteiger partial charge in [0.1, 0.15) is 17.6 Å². The van der Waals surface area contributed by atoms with Crippen LogP contribution in [0.5, 0.6) is 0 Å². The van der Waals surface area contributed by atoms with E-state index in [2.05, 4.69) is 10.5 Å². The number of carbonyl (C=O) groups excluding carboxylic acids is 1. The number of halogens is 1. The monoisotopic (exact) mass is 353 g/mol. The summed E-state index contributed by atoms with van der Waals surface area (Å²) in [6, 6.07) is 17.0. The van der Waals surface area contributed by atoms with Crippen LogP contribution in [0.1, 0.15) is 22.9 Å². The first kappa shape index (κ1) is 17.8. The molecule has 26 heavy (non-hydrogen) atoms. The molecule has 0 aliphatic carbocycles. The molecular weight excluding hydrogens is 333 g/mol. The molecule has 0 aliphatic heterocycles. The zero-order valence-electron chi connectivity index (χ0n) is 14.6. The molecule has 5 nitrogen and oxygen atoms in total. The molecule has 3 rings (SSSR count). The van der Waals surface area contributed by atoms with Gasteiger partial charge in [-0.05, 0) is 25.6 Å². The first-order chi connectivity index (χ1) is 12.5. The minimum atomic E-state index is -0.604. The summed E-state index contributed by atoms with van der Waals surface area (Å²) >= 11 is 0. The third-order valence-corrected chi connectivity index (χ3v) is 4.06. The van der Waals surface area contributed by atoms with E-state index in [-0.39, 0.29) is 18.3 Å². The molecule has 1 heterocycles. The summed E-state index contributed by atoms with van der Waals surface area (Å²) in [4.78, 5) is 14.7. The second-order valence-electron chi connectivity index (χ2n) is 6.13. The Labute approximate surface area is 151 Å². The number of nitrogens with one attached hydrogen (secondary N) is 1. The second kappa shape index (κ2) is 7.93. The Morgan fingerprint density at radius 2 is 1.88 bits per heavy atom. The number of aromatic nitrogens is 1. The molecule has 0 saturated carbocycles. The largest absolute Gasteiger partial charge is 0.360 e. The molecule has 1 N–H and O–H groups in total. The molecular formula is C20H20FN3O2. The number of aryl methyl sites for hydroxylation is 1. The van der Waals surface area contributed by atoms with E-state index >= 15 is 0 Å². The van der Waals surface area contributed by atoms with Gasteiger partial charge >= 0.3 is 0 Å². The predicted octanol–water partition coefficient (Wildman–Crippen LogP) is 3.93. The highest BCUT2D eigenvalue weighted by Crippen LogP contribution is 2.24. The van der Waals surface area contributed by atoms with E-state index in [0.717, 1.165) is 5.56 Å². The van der Waals surface area contributed by atoms with Gasteiger partial charge < -0.3 is 9.84 Å². The third-order valence-electron chi connectivity index (χ3n) is 4.06. The summed E-state index contributed by atoms with van der Waals surface area (Å²) in [6.45, 7) is 2.04. The number of amides is 1. The zero-order chi connectivity index (χ0) is 18.5. The maximum Gasteiger partial charge on any atom is 0.247 e. The van der Waals surface area contributed by atoms with E-state index < -0.39 is 6.04 Å². The van der Waals surface area contributed by atoms with Gasteiger partial charge in [0.15, 0.2) is 5.82 Å². The lowest BCUT2D eigenvalue weighted by Gasteiger charge is -2.27. The van der Waals surface area contributed by atoms with Gasteiger partial charge in [0, 0.05) is 18.2 Å². The smallest absolute Gasteiger partial charge is 0.247 e. The van der Waals surface area contributed by atoms with Crippen molar-refractivity contribution in [3.05, 3.63) is 83.4 Å². The molecule has 3 aromatic rings. The van der Waals surface area contributed by atoms with Gasteiger partial charge in [-0.25, -0.2) is 4.39 Å². The normalized spacial score (nSPS) is 12.2. The number of benzene rings is 2. The molecule has 0 saturated heterocycles. The Morgan fingerprint density at radius 3 is 2.54 bits per heavy atom. The minimum absolute atomic E-state index is 0.261. The van der Waals surface area contributed by atoms with Gasteiger partial charge in [0.05, 0.1) is 0 Å². The Balaban J connectivity index is 1.85. The molecule has 1 unspecified atom stereocenters. The lowest BCUT2D eigenvalue weighted by molar-refractivity contribution is -0.121. The first-order valence-electron chi connectivity index (χ1n) is 8.27. The topological polar surface area (TPSA) is 58.4 Å². The Bertz CT molecular complexity index is 880. The number of anilines is 1. The minimum Gasteiger partial charge on any atom is -0.360 e. The van der Waals surface area contributed by atoms with Crippen LogP contribution in [0.25, 0.3) is 0 Å². The average Bonchev–Trinajstić information content (AvgIpc) is 3.03. The maximum absolute atomic E-state index is 14.0. The summed E-state index contributed by atoms with van der Waals surface area (Å²) in [7, 11) is 1.79.